The van der Waals surface area contributed by atoms with E-state index >= 15 is 0 Å². The summed E-state index contributed by atoms with van der Waals surface area (Å²) in [6.45, 7) is 0. The molecule has 1 saturated carbocycles. The second kappa shape index (κ2) is 2.55. The predicted octanol–water partition coefficient (Wildman–Crippen LogP) is 0.944. The number of nitrogens with zero attached hydrogens (tertiary/aromatic N) is 2. The van der Waals surface area contributed by atoms with Crippen LogP contribution < -0.4 is 0 Å². The largest absolute Gasteiger partial charge is 0.478 e. The zero-order valence-electron chi connectivity index (χ0n) is 7.07. The van der Waals surface area contributed by atoms with E-state index in [9.17, 15) is 9.18 Å². The van der Waals surface area contributed by atoms with Crippen molar-refractivity contribution in [3.8, 4) is 0 Å². The molecule has 13 heavy (non-hydrogen) atoms. The van der Waals surface area contributed by atoms with Crippen molar-refractivity contribution in [1.29, 1.82) is 0 Å². The summed E-state index contributed by atoms with van der Waals surface area (Å²) in [6, 6.07) is 0. The number of carbonyl (C=O) groups is 1. The first kappa shape index (κ1) is 8.22. The SMILES string of the molecule is Cn1ncc(C(=O)O)c1C1CC1F. The molecule has 0 radical (unpaired) electrons. The van der Waals surface area contributed by atoms with Crippen molar-refractivity contribution in [2.24, 2.45) is 7.05 Å². The summed E-state index contributed by atoms with van der Waals surface area (Å²) >= 11 is 0. The Hall–Kier alpha value is -1.39. The second-order valence-corrected chi connectivity index (χ2v) is 3.23. The molecule has 2 unspecified atom stereocenters. The quantitative estimate of drug-likeness (QED) is 0.744. The minimum Gasteiger partial charge on any atom is -0.478 e. The maximum Gasteiger partial charge on any atom is 0.339 e. The highest BCUT2D eigenvalue weighted by molar-refractivity contribution is 5.89. The van der Waals surface area contributed by atoms with Gasteiger partial charge in [-0.15, -0.1) is 0 Å². The highest BCUT2D eigenvalue weighted by atomic mass is 19.1. The van der Waals surface area contributed by atoms with E-state index in [1.165, 1.54) is 10.9 Å². The van der Waals surface area contributed by atoms with Gasteiger partial charge in [0.2, 0.25) is 0 Å². The van der Waals surface area contributed by atoms with E-state index in [1.807, 2.05) is 0 Å². The molecule has 2 rings (SSSR count). The van der Waals surface area contributed by atoms with E-state index < -0.39 is 12.1 Å². The highest BCUT2D eigenvalue weighted by Crippen LogP contribution is 2.44. The lowest BCUT2D eigenvalue weighted by Gasteiger charge is -1.99. The number of hydrogen-bond acceptors (Lipinski definition) is 2. The van der Waals surface area contributed by atoms with Gasteiger partial charge in [-0.25, -0.2) is 9.18 Å². The van der Waals surface area contributed by atoms with Crippen LogP contribution in [0.5, 0.6) is 0 Å². The van der Waals surface area contributed by atoms with Gasteiger partial charge >= 0.3 is 5.97 Å². The third kappa shape index (κ3) is 1.20. The van der Waals surface area contributed by atoms with E-state index in [-0.39, 0.29) is 11.5 Å². The Morgan fingerprint density at radius 1 is 1.85 bits per heavy atom. The average Bonchev–Trinajstić information content (AvgIpc) is 2.60. The fourth-order valence-corrected chi connectivity index (χ4v) is 1.50. The van der Waals surface area contributed by atoms with E-state index in [0.717, 1.165) is 0 Å². The second-order valence-electron chi connectivity index (χ2n) is 3.23. The number of halogens is 1. The van der Waals surface area contributed by atoms with Crippen molar-refractivity contribution in [2.75, 3.05) is 0 Å². The Morgan fingerprint density at radius 3 is 2.92 bits per heavy atom. The average molecular weight is 184 g/mol. The van der Waals surface area contributed by atoms with Gasteiger partial charge in [0.25, 0.3) is 0 Å². The molecule has 0 saturated heterocycles. The van der Waals surface area contributed by atoms with Crippen LogP contribution in [0.2, 0.25) is 0 Å². The van der Waals surface area contributed by atoms with Gasteiger partial charge in [0, 0.05) is 13.0 Å². The van der Waals surface area contributed by atoms with E-state index in [2.05, 4.69) is 5.10 Å². The van der Waals surface area contributed by atoms with Gasteiger partial charge in [-0.3, -0.25) is 4.68 Å². The maximum absolute atomic E-state index is 12.7. The molecule has 0 spiro atoms. The van der Waals surface area contributed by atoms with Gasteiger partial charge < -0.3 is 5.11 Å². The highest BCUT2D eigenvalue weighted by Gasteiger charge is 2.43. The topological polar surface area (TPSA) is 55.1 Å². The van der Waals surface area contributed by atoms with Crippen LogP contribution in [-0.4, -0.2) is 27.0 Å². The molecule has 1 aliphatic rings. The van der Waals surface area contributed by atoms with Crippen molar-refractivity contribution >= 4 is 5.97 Å². The van der Waals surface area contributed by atoms with Crippen LogP contribution in [0.25, 0.3) is 0 Å². The lowest BCUT2D eigenvalue weighted by Crippen LogP contribution is -2.04. The molecule has 0 amide bonds. The van der Waals surface area contributed by atoms with Crippen molar-refractivity contribution in [1.82, 2.24) is 9.78 Å². The first-order chi connectivity index (χ1) is 6.11. The fraction of sp³-hybridized carbons (Fsp3) is 0.500. The number of carboxylic acids is 1. The number of aryl methyl sites for hydroxylation is 1. The third-order valence-electron chi connectivity index (χ3n) is 2.28. The van der Waals surface area contributed by atoms with Gasteiger partial charge in [0.1, 0.15) is 11.7 Å². The summed E-state index contributed by atoms with van der Waals surface area (Å²) in [5.41, 5.74) is 0.618. The van der Waals surface area contributed by atoms with Crippen LogP contribution in [0.3, 0.4) is 0 Å². The molecule has 1 aliphatic carbocycles. The molecule has 2 atom stereocenters. The van der Waals surface area contributed by atoms with Crippen LogP contribution >= 0.6 is 0 Å². The summed E-state index contributed by atoms with van der Waals surface area (Å²) in [6.07, 6.45) is 0.788. The van der Waals surface area contributed by atoms with Gasteiger partial charge in [0.15, 0.2) is 0 Å². The molecule has 0 aliphatic heterocycles. The molecule has 4 nitrogen and oxygen atoms in total. The summed E-state index contributed by atoms with van der Waals surface area (Å²) in [7, 11) is 1.63. The van der Waals surface area contributed by atoms with E-state index in [0.29, 0.717) is 12.1 Å². The van der Waals surface area contributed by atoms with Crippen molar-refractivity contribution < 1.29 is 14.3 Å². The molecule has 1 heterocycles. The third-order valence-corrected chi connectivity index (χ3v) is 2.28. The first-order valence-corrected chi connectivity index (χ1v) is 4.00. The van der Waals surface area contributed by atoms with E-state index in [4.69, 9.17) is 5.11 Å². The van der Waals surface area contributed by atoms with Crippen LogP contribution in [0.15, 0.2) is 6.20 Å². The number of carboxylic acid groups (broad SMARTS) is 1. The minimum atomic E-state index is -1.04. The summed E-state index contributed by atoms with van der Waals surface area (Å²) < 4.78 is 14.2. The van der Waals surface area contributed by atoms with Gasteiger partial charge in [0.05, 0.1) is 11.9 Å². The standard InChI is InChI=1S/C8H9FN2O2/c1-11-7(4-2-6(4)9)5(3-10-11)8(12)13/h3-4,6H,2H2,1H3,(H,12,13). The Labute approximate surface area is 74.0 Å². The van der Waals surface area contributed by atoms with Gasteiger partial charge in [-0.2, -0.15) is 5.10 Å². The normalized spacial score (nSPS) is 26.0. The fourth-order valence-electron chi connectivity index (χ4n) is 1.50. The lowest BCUT2D eigenvalue weighted by molar-refractivity contribution is 0.0695. The van der Waals surface area contributed by atoms with E-state index in [1.54, 1.807) is 7.05 Å². The maximum atomic E-state index is 12.7. The Balaban J connectivity index is 2.41. The van der Waals surface area contributed by atoms with Crippen molar-refractivity contribution in [3.05, 3.63) is 17.5 Å². The predicted molar refractivity (Wildman–Crippen MR) is 42.4 cm³/mol. The molecule has 0 bridgehead atoms. The molecule has 1 N–H and O–H groups in total. The number of aromatic carboxylic acids is 1. The van der Waals surface area contributed by atoms with Crippen LogP contribution in [0.4, 0.5) is 4.39 Å². The zero-order chi connectivity index (χ0) is 9.59. The monoisotopic (exact) mass is 184 g/mol. The van der Waals surface area contributed by atoms with Crippen LogP contribution in [0, 0.1) is 0 Å². The molecule has 0 aromatic carbocycles. The Bertz CT molecular complexity index is 361. The minimum absolute atomic E-state index is 0.118. The summed E-state index contributed by atoms with van der Waals surface area (Å²) in [5.74, 6) is -1.30. The number of hydrogen-bond donors (Lipinski definition) is 1. The number of aromatic nitrogens is 2. The molecule has 5 heteroatoms. The number of alkyl halides is 1. The zero-order valence-corrected chi connectivity index (χ0v) is 7.07. The number of rotatable bonds is 2. The van der Waals surface area contributed by atoms with Gasteiger partial charge in [-0.1, -0.05) is 0 Å². The van der Waals surface area contributed by atoms with Crippen molar-refractivity contribution in [2.45, 2.75) is 18.5 Å². The molecule has 1 aromatic heterocycles. The smallest absolute Gasteiger partial charge is 0.339 e. The first-order valence-electron chi connectivity index (χ1n) is 4.00. The molecular formula is C8H9FN2O2. The molecule has 1 fully saturated rings. The molecule has 70 valence electrons. The lowest BCUT2D eigenvalue weighted by atomic mass is 10.2. The molecule has 1 aromatic rings. The summed E-state index contributed by atoms with van der Waals surface area (Å²) in [5, 5.41) is 12.6. The van der Waals surface area contributed by atoms with Gasteiger partial charge in [-0.05, 0) is 6.42 Å². The Morgan fingerprint density at radius 2 is 2.46 bits per heavy atom. The van der Waals surface area contributed by atoms with Crippen LogP contribution in [-0.2, 0) is 7.05 Å². The molecular weight excluding hydrogens is 175 g/mol. The summed E-state index contributed by atoms with van der Waals surface area (Å²) in [4.78, 5) is 10.7. The Kier molecular flexibility index (Phi) is 1.61. The van der Waals surface area contributed by atoms with Crippen molar-refractivity contribution in [3.63, 3.8) is 0 Å². The van der Waals surface area contributed by atoms with Crippen LogP contribution in [0.1, 0.15) is 28.4 Å².